The zero-order valence-electron chi connectivity index (χ0n) is 20.7. The minimum absolute atomic E-state index is 0.729. The minimum atomic E-state index is 0.729. The van der Waals surface area contributed by atoms with Crippen molar-refractivity contribution in [1.82, 2.24) is 15.1 Å². The summed E-state index contributed by atoms with van der Waals surface area (Å²) in [6.45, 7) is 13.7. The van der Waals surface area contributed by atoms with E-state index < -0.39 is 0 Å². The van der Waals surface area contributed by atoms with Crippen LogP contribution in [0.15, 0.2) is 0 Å². The number of nitrogens with one attached hydrogen (secondary N) is 1. The molecule has 4 bridgehead atoms. The lowest BCUT2D eigenvalue weighted by molar-refractivity contribution is -0.0678. The Morgan fingerprint density at radius 3 is 2.23 bits per heavy atom. The molecule has 0 amide bonds. The molecule has 5 rings (SSSR count). The quantitative estimate of drug-likeness (QED) is 0.485. The molecule has 4 aliphatic carbocycles. The number of piperazine rings is 1. The monoisotopic (exact) mass is 417 g/mol. The number of unbranched alkanes of at least 4 members (excludes halogenated alkanes) is 1. The Balaban J connectivity index is 1.37. The molecule has 1 saturated heterocycles. The summed E-state index contributed by atoms with van der Waals surface area (Å²) in [5, 5.41) is 3.49. The first-order chi connectivity index (χ1) is 14.6. The Hall–Kier alpha value is -0.120. The van der Waals surface area contributed by atoms with Crippen LogP contribution in [-0.2, 0) is 0 Å². The molecular formula is C27H51N3. The number of nitrogens with zero attached hydrogens (tertiary/aromatic N) is 2. The maximum Gasteiger partial charge on any atom is 0.0249 e. The Labute approximate surface area is 187 Å². The summed E-state index contributed by atoms with van der Waals surface area (Å²) in [5.74, 6) is 4.10. The predicted octanol–water partition coefficient (Wildman–Crippen LogP) is 5.40. The molecule has 1 heterocycles. The van der Waals surface area contributed by atoms with E-state index in [0.29, 0.717) is 0 Å². The van der Waals surface area contributed by atoms with Crippen molar-refractivity contribution in [3.8, 4) is 0 Å². The molecule has 0 aromatic carbocycles. The number of likely N-dealkylation sites (N-methyl/N-ethyl adjacent to an activating group) is 1. The van der Waals surface area contributed by atoms with E-state index in [0.717, 1.165) is 47.7 Å². The molecule has 1 N–H and O–H groups in total. The van der Waals surface area contributed by atoms with E-state index >= 15 is 0 Å². The van der Waals surface area contributed by atoms with Crippen molar-refractivity contribution in [1.29, 1.82) is 0 Å². The van der Waals surface area contributed by atoms with Gasteiger partial charge < -0.3 is 5.32 Å². The van der Waals surface area contributed by atoms with Crippen LogP contribution in [0.2, 0.25) is 0 Å². The summed E-state index contributed by atoms with van der Waals surface area (Å²) in [6, 6.07) is 1.49. The van der Waals surface area contributed by atoms with Crippen molar-refractivity contribution in [2.75, 3.05) is 39.8 Å². The van der Waals surface area contributed by atoms with Crippen molar-refractivity contribution < 1.29 is 0 Å². The summed E-state index contributed by atoms with van der Waals surface area (Å²) in [6.07, 6.45) is 16.3. The molecule has 1 aliphatic heterocycles. The minimum Gasteiger partial charge on any atom is -0.318 e. The van der Waals surface area contributed by atoms with Crippen LogP contribution in [-0.4, -0.2) is 61.7 Å². The van der Waals surface area contributed by atoms with E-state index in [2.05, 4.69) is 42.9 Å². The fourth-order valence-corrected chi connectivity index (χ4v) is 8.36. The van der Waals surface area contributed by atoms with Gasteiger partial charge in [0.05, 0.1) is 0 Å². The molecule has 0 aromatic rings. The van der Waals surface area contributed by atoms with Gasteiger partial charge in [0, 0.05) is 38.3 Å². The molecular weight excluding hydrogens is 366 g/mol. The van der Waals surface area contributed by atoms with Gasteiger partial charge in [0.1, 0.15) is 0 Å². The van der Waals surface area contributed by atoms with Crippen molar-refractivity contribution in [3.05, 3.63) is 0 Å². The predicted molar refractivity (Wildman–Crippen MR) is 129 cm³/mol. The first-order valence-electron chi connectivity index (χ1n) is 13.7. The molecule has 0 spiro atoms. The third-order valence-corrected chi connectivity index (χ3v) is 9.81. The molecule has 0 radical (unpaired) electrons. The number of hydrogen-bond acceptors (Lipinski definition) is 3. The van der Waals surface area contributed by atoms with Crippen LogP contribution in [0.3, 0.4) is 0 Å². The van der Waals surface area contributed by atoms with Gasteiger partial charge in [-0.3, -0.25) is 9.80 Å². The van der Waals surface area contributed by atoms with E-state index in [-0.39, 0.29) is 0 Å². The molecule has 3 heteroatoms. The van der Waals surface area contributed by atoms with Crippen LogP contribution in [0.4, 0.5) is 0 Å². The second-order valence-electron chi connectivity index (χ2n) is 12.0. The smallest absolute Gasteiger partial charge is 0.0249 e. The van der Waals surface area contributed by atoms with E-state index in [1.165, 1.54) is 58.3 Å². The largest absolute Gasteiger partial charge is 0.318 e. The van der Waals surface area contributed by atoms with Gasteiger partial charge in [-0.15, -0.1) is 0 Å². The Morgan fingerprint density at radius 2 is 1.67 bits per heavy atom. The highest BCUT2D eigenvalue weighted by molar-refractivity contribution is 5.02. The van der Waals surface area contributed by atoms with Gasteiger partial charge in [-0.25, -0.2) is 0 Å². The summed E-state index contributed by atoms with van der Waals surface area (Å²) >= 11 is 0. The maximum atomic E-state index is 3.49. The highest BCUT2D eigenvalue weighted by Crippen LogP contribution is 2.61. The van der Waals surface area contributed by atoms with Gasteiger partial charge in [0.2, 0.25) is 0 Å². The highest BCUT2D eigenvalue weighted by Gasteiger charge is 2.50. The van der Waals surface area contributed by atoms with Crippen molar-refractivity contribution in [2.45, 2.75) is 103 Å². The van der Waals surface area contributed by atoms with Gasteiger partial charge in [0.25, 0.3) is 0 Å². The zero-order valence-corrected chi connectivity index (χ0v) is 20.7. The molecule has 3 nitrogen and oxygen atoms in total. The number of rotatable bonds is 11. The zero-order chi connectivity index (χ0) is 21.1. The number of hydrogen-bond donors (Lipinski definition) is 1. The van der Waals surface area contributed by atoms with Crippen molar-refractivity contribution >= 4 is 0 Å². The first-order valence-corrected chi connectivity index (χ1v) is 13.7. The maximum absolute atomic E-state index is 3.49. The van der Waals surface area contributed by atoms with Gasteiger partial charge in [-0.2, -0.15) is 0 Å². The molecule has 1 unspecified atom stereocenters. The molecule has 30 heavy (non-hydrogen) atoms. The summed E-state index contributed by atoms with van der Waals surface area (Å²) < 4.78 is 0. The van der Waals surface area contributed by atoms with E-state index in [1.807, 2.05) is 0 Å². The van der Waals surface area contributed by atoms with Crippen LogP contribution in [0, 0.1) is 29.1 Å². The Kier molecular flexibility index (Phi) is 7.85. The fraction of sp³-hybridized carbons (Fsp3) is 1.00. The topological polar surface area (TPSA) is 18.5 Å². The molecule has 3 atom stereocenters. The molecule has 0 aromatic heterocycles. The molecule has 4 saturated carbocycles. The van der Waals surface area contributed by atoms with Gasteiger partial charge in [0.15, 0.2) is 0 Å². The second-order valence-corrected chi connectivity index (χ2v) is 12.0. The van der Waals surface area contributed by atoms with Crippen LogP contribution in [0.5, 0.6) is 0 Å². The van der Waals surface area contributed by atoms with E-state index in [9.17, 15) is 0 Å². The van der Waals surface area contributed by atoms with Crippen LogP contribution < -0.4 is 5.32 Å². The second kappa shape index (κ2) is 10.2. The summed E-state index contributed by atoms with van der Waals surface area (Å²) in [7, 11) is 2.13. The lowest BCUT2D eigenvalue weighted by Gasteiger charge is -2.57. The average molecular weight is 418 g/mol. The third kappa shape index (κ3) is 5.09. The van der Waals surface area contributed by atoms with E-state index in [1.54, 1.807) is 38.5 Å². The van der Waals surface area contributed by atoms with Gasteiger partial charge >= 0.3 is 0 Å². The Morgan fingerprint density at radius 1 is 1.00 bits per heavy atom. The van der Waals surface area contributed by atoms with Crippen LogP contribution >= 0.6 is 0 Å². The van der Waals surface area contributed by atoms with Crippen LogP contribution in [0.1, 0.15) is 91.4 Å². The molecule has 174 valence electrons. The summed E-state index contributed by atoms with van der Waals surface area (Å²) in [5.41, 5.74) is 0.738. The molecule has 5 aliphatic rings. The highest BCUT2D eigenvalue weighted by atomic mass is 15.3. The first kappa shape index (κ1) is 23.1. The van der Waals surface area contributed by atoms with Gasteiger partial charge in [-0.1, -0.05) is 40.0 Å². The van der Waals surface area contributed by atoms with Crippen molar-refractivity contribution in [3.63, 3.8) is 0 Å². The van der Waals surface area contributed by atoms with E-state index in [4.69, 9.17) is 0 Å². The van der Waals surface area contributed by atoms with Crippen LogP contribution in [0.25, 0.3) is 0 Å². The lowest BCUT2D eigenvalue weighted by Crippen LogP contribution is -2.59. The fourth-order valence-electron chi connectivity index (χ4n) is 8.36. The average Bonchev–Trinajstić information content (AvgIpc) is 2.73. The normalized spacial score (nSPS) is 38.8. The summed E-state index contributed by atoms with van der Waals surface area (Å²) in [4.78, 5) is 5.80. The third-order valence-electron chi connectivity index (χ3n) is 9.81. The molecule has 5 fully saturated rings. The SMILES string of the molecule is CCCC[C@H](CNC)N1CCN(CCC23CC4CC(CC(C4)C2)C3)[C@H](C(C)CC)C1. The van der Waals surface area contributed by atoms with Gasteiger partial charge in [-0.05, 0) is 94.0 Å². The van der Waals surface area contributed by atoms with Crippen molar-refractivity contribution in [2.24, 2.45) is 29.1 Å². The standard InChI is InChI=1S/C27H51N3/c1-5-7-8-25(19-28-4)30-12-11-29(26(20-30)21(3)6-2)10-9-27-16-22-13-23(17-27)15-24(14-22)18-27/h21-26,28H,5-20H2,1-4H3/t21?,22?,23?,24?,25-,26+,27?/m1/s1. The Bertz CT molecular complexity index is 497. The lowest BCUT2D eigenvalue weighted by atomic mass is 9.49.